The number of nitrogens with zero attached hydrogens (tertiary/aromatic N) is 1. The first-order chi connectivity index (χ1) is 8.97. The van der Waals surface area contributed by atoms with Crippen molar-refractivity contribution in [2.24, 2.45) is 16.1 Å². The Morgan fingerprint density at radius 2 is 1.80 bits per heavy atom. The zero-order valence-electron chi connectivity index (χ0n) is 13.6. The Bertz CT molecular complexity index is 340. The molecule has 0 bridgehead atoms. The molecule has 0 aliphatic heterocycles. The van der Waals surface area contributed by atoms with E-state index >= 15 is 0 Å². The average Bonchev–Trinajstić information content (AvgIpc) is 2.29. The van der Waals surface area contributed by atoms with Gasteiger partial charge in [0.2, 0.25) is 5.96 Å². The summed E-state index contributed by atoms with van der Waals surface area (Å²) < 4.78 is 0. The second-order valence-electron chi connectivity index (χ2n) is 7.08. The van der Waals surface area contributed by atoms with Crippen LogP contribution in [0.3, 0.4) is 0 Å². The molecule has 118 valence electrons. The third-order valence-corrected chi connectivity index (χ3v) is 2.71. The van der Waals surface area contributed by atoms with E-state index in [0.29, 0.717) is 13.0 Å². The summed E-state index contributed by atoms with van der Waals surface area (Å²) in [4.78, 5) is 16.4. The molecule has 0 aliphatic carbocycles. The van der Waals surface area contributed by atoms with Gasteiger partial charge in [0.15, 0.2) is 5.78 Å². The maximum Gasteiger partial charge on any atom is 0.212 e. The van der Waals surface area contributed by atoms with Gasteiger partial charge in [-0.2, -0.15) is 0 Å². The van der Waals surface area contributed by atoms with Crippen LogP contribution in [-0.2, 0) is 4.79 Å². The van der Waals surface area contributed by atoms with E-state index in [1.807, 2.05) is 41.5 Å². The monoisotopic (exact) mass is 286 g/mol. The van der Waals surface area contributed by atoms with Gasteiger partial charge in [-0.15, -0.1) is 0 Å². The first-order valence-electron chi connectivity index (χ1n) is 6.99. The number of Topliss-reactive ketones (excluding diaryl/α,β-unsaturated/α-hetero) is 1. The number of carbonyl (C=O) groups excluding carboxylic acids is 1. The molecule has 0 amide bonds. The fourth-order valence-corrected chi connectivity index (χ4v) is 1.84. The number of ketones is 1. The molecule has 5 N–H and O–H groups in total. The molecule has 0 saturated carbocycles. The van der Waals surface area contributed by atoms with E-state index < -0.39 is 0 Å². The Hall–Kier alpha value is -1.14. The molecule has 1 atom stereocenters. The highest BCUT2D eigenvalue weighted by atomic mass is 16.5. The quantitative estimate of drug-likeness (QED) is 0.256. The lowest BCUT2D eigenvalue weighted by Crippen LogP contribution is -2.50. The van der Waals surface area contributed by atoms with Crippen LogP contribution >= 0.6 is 0 Å². The van der Waals surface area contributed by atoms with Crippen molar-refractivity contribution in [3.8, 4) is 0 Å². The molecular weight excluding hydrogens is 256 g/mol. The van der Waals surface area contributed by atoms with E-state index in [9.17, 15) is 4.79 Å². The van der Waals surface area contributed by atoms with Crippen LogP contribution in [0.5, 0.6) is 0 Å². The van der Waals surface area contributed by atoms with Crippen molar-refractivity contribution in [3.05, 3.63) is 0 Å². The van der Waals surface area contributed by atoms with Crippen molar-refractivity contribution < 1.29 is 10.0 Å². The van der Waals surface area contributed by atoms with Crippen LogP contribution in [0.25, 0.3) is 0 Å². The van der Waals surface area contributed by atoms with Crippen molar-refractivity contribution >= 4 is 11.7 Å². The Balaban J connectivity index is 4.60. The molecule has 0 aromatic rings. The van der Waals surface area contributed by atoms with E-state index in [1.165, 1.54) is 0 Å². The molecule has 0 aromatic heterocycles. The number of guanidine groups is 1. The van der Waals surface area contributed by atoms with Crippen LogP contribution in [0.2, 0.25) is 0 Å². The molecule has 0 radical (unpaired) electrons. The van der Waals surface area contributed by atoms with Crippen molar-refractivity contribution in [3.63, 3.8) is 0 Å². The maximum atomic E-state index is 12.5. The lowest BCUT2D eigenvalue weighted by atomic mass is 9.84. The highest BCUT2D eigenvalue weighted by molar-refractivity contribution is 5.88. The molecule has 6 nitrogen and oxygen atoms in total. The second-order valence-corrected chi connectivity index (χ2v) is 7.08. The van der Waals surface area contributed by atoms with Crippen LogP contribution in [0.15, 0.2) is 4.99 Å². The van der Waals surface area contributed by atoms with Crippen LogP contribution in [0.1, 0.15) is 54.4 Å². The Morgan fingerprint density at radius 1 is 1.25 bits per heavy atom. The first kappa shape index (κ1) is 18.9. The molecule has 20 heavy (non-hydrogen) atoms. The molecule has 0 spiro atoms. The number of aliphatic imine (C=N–C) groups is 1. The SMILES string of the molecule is CC(C)(C)N[C@@H](CCCN=C(N)NO)C(=O)C(C)(C)C. The zero-order valence-corrected chi connectivity index (χ0v) is 13.6. The topological polar surface area (TPSA) is 99.7 Å². The molecule has 0 heterocycles. The molecule has 0 unspecified atom stereocenters. The largest absolute Gasteiger partial charge is 0.368 e. The number of carbonyl (C=O) groups is 1. The van der Waals surface area contributed by atoms with Gasteiger partial charge in [0.05, 0.1) is 6.04 Å². The highest BCUT2D eigenvalue weighted by Crippen LogP contribution is 2.20. The number of hydrogen-bond donors (Lipinski definition) is 4. The van der Waals surface area contributed by atoms with Gasteiger partial charge in [-0.3, -0.25) is 15.0 Å². The second kappa shape index (κ2) is 7.59. The Morgan fingerprint density at radius 3 is 2.20 bits per heavy atom. The van der Waals surface area contributed by atoms with Crippen LogP contribution < -0.4 is 16.5 Å². The Kier molecular flexibility index (Phi) is 7.16. The minimum absolute atomic E-state index is 0.00696. The molecule has 0 rings (SSSR count). The van der Waals surface area contributed by atoms with Crippen LogP contribution in [0.4, 0.5) is 0 Å². The summed E-state index contributed by atoms with van der Waals surface area (Å²) in [6, 6.07) is -0.200. The number of nitrogens with two attached hydrogens (primary N) is 1. The standard InChI is InChI=1S/C14H30N4O2/c1-13(2,3)11(19)10(17-14(4,5)6)8-7-9-16-12(15)18-20/h10,17,20H,7-9H2,1-6H3,(H3,15,16,18)/t10-/m0/s1. The first-order valence-corrected chi connectivity index (χ1v) is 6.99. The molecule has 0 aliphatic rings. The van der Waals surface area contributed by atoms with Crippen molar-refractivity contribution in [1.82, 2.24) is 10.8 Å². The van der Waals surface area contributed by atoms with Gasteiger partial charge in [0.25, 0.3) is 0 Å². The van der Waals surface area contributed by atoms with E-state index in [2.05, 4.69) is 10.3 Å². The minimum Gasteiger partial charge on any atom is -0.368 e. The lowest BCUT2D eigenvalue weighted by Gasteiger charge is -2.31. The van der Waals surface area contributed by atoms with Crippen LogP contribution in [-0.4, -0.2) is 35.1 Å². The van der Waals surface area contributed by atoms with Gasteiger partial charge in [0.1, 0.15) is 0 Å². The molecular formula is C14H30N4O2. The molecule has 6 heteroatoms. The maximum absolute atomic E-state index is 12.5. The van der Waals surface area contributed by atoms with Gasteiger partial charge < -0.3 is 11.1 Å². The fraction of sp³-hybridized carbons (Fsp3) is 0.857. The molecule has 0 saturated heterocycles. The summed E-state index contributed by atoms with van der Waals surface area (Å²) in [6.45, 7) is 12.4. The lowest BCUT2D eigenvalue weighted by molar-refractivity contribution is -0.129. The van der Waals surface area contributed by atoms with Gasteiger partial charge in [-0.1, -0.05) is 20.8 Å². The van der Waals surface area contributed by atoms with Gasteiger partial charge >= 0.3 is 0 Å². The van der Waals surface area contributed by atoms with Gasteiger partial charge in [-0.05, 0) is 33.6 Å². The molecule has 0 fully saturated rings. The summed E-state index contributed by atoms with van der Waals surface area (Å²) in [6.07, 6.45) is 1.41. The third-order valence-electron chi connectivity index (χ3n) is 2.71. The Labute approximate surface area is 122 Å². The van der Waals surface area contributed by atoms with Crippen molar-refractivity contribution in [2.75, 3.05) is 6.54 Å². The predicted octanol–water partition coefficient (Wildman–Crippen LogP) is 1.43. The van der Waals surface area contributed by atoms with E-state index in [0.717, 1.165) is 6.42 Å². The smallest absolute Gasteiger partial charge is 0.212 e. The third kappa shape index (κ3) is 8.12. The minimum atomic E-state index is -0.377. The fourth-order valence-electron chi connectivity index (χ4n) is 1.84. The number of nitrogens with one attached hydrogen (secondary N) is 2. The zero-order chi connectivity index (χ0) is 16.0. The van der Waals surface area contributed by atoms with E-state index in [4.69, 9.17) is 10.9 Å². The van der Waals surface area contributed by atoms with Crippen molar-refractivity contribution in [1.29, 1.82) is 0 Å². The van der Waals surface area contributed by atoms with Crippen LogP contribution in [0, 0.1) is 5.41 Å². The van der Waals surface area contributed by atoms with E-state index in [1.54, 1.807) is 5.48 Å². The summed E-state index contributed by atoms with van der Waals surface area (Å²) >= 11 is 0. The summed E-state index contributed by atoms with van der Waals surface area (Å²) in [5, 5.41) is 11.9. The van der Waals surface area contributed by atoms with Gasteiger partial charge in [0, 0.05) is 17.5 Å². The van der Waals surface area contributed by atoms with Crippen molar-refractivity contribution in [2.45, 2.75) is 66.0 Å². The predicted molar refractivity (Wildman–Crippen MR) is 81.8 cm³/mol. The number of rotatable bonds is 6. The number of hydroxylamine groups is 1. The normalized spacial score (nSPS) is 15.1. The van der Waals surface area contributed by atoms with Gasteiger partial charge in [-0.25, -0.2) is 5.48 Å². The van der Waals surface area contributed by atoms with E-state index in [-0.39, 0.29) is 28.7 Å². The summed E-state index contributed by atoms with van der Waals surface area (Å²) in [5.41, 5.74) is 6.61. The number of hydrogen-bond acceptors (Lipinski definition) is 4. The highest BCUT2D eigenvalue weighted by Gasteiger charge is 2.31. The summed E-state index contributed by atoms with van der Waals surface area (Å²) in [5.74, 6) is 0.192. The average molecular weight is 286 g/mol. The molecule has 0 aromatic carbocycles. The summed E-state index contributed by atoms with van der Waals surface area (Å²) in [7, 11) is 0.